The quantitative estimate of drug-likeness (QED) is 0.538. The van der Waals surface area contributed by atoms with Gasteiger partial charge in [-0.25, -0.2) is 9.18 Å². The molecular weight excluding hydrogens is 287 g/mol. The van der Waals surface area contributed by atoms with E-state index in [4.69, 9.17) is 13.9 Å². The Labute approximate surface area is 126 Å². The number of ether oxygens (including phenoxy) is 2. The summed E-state index contributed by atoms with van der Waals surface area (Å²) in [5.74, 6) is -0.580. The minimum Gasteiger partial charge on any atom is -0.460 e. The molecule has 0 bridgehead atoms. The fourth-order valence-corrected chi connectivity index (χ4v) is 2.20. The first-order chi connectivity index (χ1) is 10.7. The maximum Gasteiger partial charge on any atom is 0.345 e. The summed E-state index contributed by atoms with van der Waals surface area (Å²) in [6.45, 7) is 1.31. The first-order valence-electron chi connectivity index (χ1n) is 6.69. The Bertz CT molecular complexity index is 822. The molecule has 0 saturated carbocycles. The third kappa shape index (κ3) is 2.65. The average molecular weight is 300 g/mol. The van der Waals surface area contributed by atoms with Gasteiger partial charge in [0.2, 0.25) is 6.79 Å². The van der Waals surface area contributed by atoms with Gasteiger partial charge in [-0.1, -0.05) is 30.3 Å². The van der Waals surface area contributed by atoms with Crippen LogP contribution in [0.5, 0.6) is 5.75 Å². The predicted octanol–water partition coefficient (Wildman–Crippen LogP) is 4.07. The number of aryl methyl sites for hydroxylation is 1. The molecule has 5 heteroatoms. The third-order valence-electron chi connectivity index (χ3n) is 3.22. The van der Waals surface area contributed by atoms with Gasteiger partial charge in [0.15, 0.2) is 11.6 Å². The van der Waals surface area contributed by atoms with E-state index >= 15 is 0 Å². The number of carbonyl (C=O) groups excluding carboxylic acids is 1. The lowest BCUT2D eigenvalue weighted by atomic mass is 10.1. The second kappa shape index (κ2) is 5.89. The van der Waals surface area contributed by atoms with Crippen LogP contribution >= 0.6 is 0 Å². The first-order valence-corrected chi connectivity index (χ1v) is 6.69. The van der Waals surface area contributed by atoms with E-state index in [1.807, 2.05) is 12.1 Å². The second-order valence-electron chi connectivity index (χ2n) is 4.65. The van der Waals surface area contributed by atoms with E-state index < -0.39 is 11.8 Å². The summed E-state index contributed by atoms with van der Waals surface area (Å²) in [7, 11) is 0. The highest BCUT2D eigenvalue weighted by Crippen LogP contribution is 2.26. The molecule has 112 valence electrons. The molecule has 0 unspecified atom stereocenters. The molecule has 0 N–H and O–H groups in total. The van der Waals surface area contributed by atoms with Crippen LogP contribution in [-0.4, -0.2) is 12.8 Å². The molecule has 22 heavy (non-hydrogen) atoms. The van der Waals surface area contributed by atoms with Crippen molar-refractivity contribution in [1.29, 1.82) is 0 Å². The Morgan fingerprint density at radius 1 is 1.14 bits per heavy atom. The van der Waals surface area contributed by atoms with Gasteiger partial charge in [-0.3, -0.25) is 0 Å². The molecule has 1 aromatic heterocycles. The Hall–Kier alpha value is -2.82. The van der Waals surface area contributed by atoms with E-state index in [0.717, 1.165) is 0 Å². The Kier molecular flexibility index (Phi) is 3.78. The molecule has 3 aromatic rings. The molecule has 2 aromatic carbocycles. The molecular formula is C17H13FO4. The van der Waals surface area contributed by atoms with Crippen LogP contribution in [0.2, 0.25) is 0 Å². The number of hydrogen-bond donors (Lipinski definition) is 0. The van der Waals surface area contributed by atoms with E-state index in [2.05, 4.69) is 0 Å². The van der Waals surface area contributed by atoms with Gasteiger partial charge >= 0.3 is 5.97 Å². The summed E-state index contributed by atoms with van der Waals surface area (Å²) in [6, 6.07) is 13.1. The summed E-state index contributed by atoms with van der Waals surface area (Å²) in [5, 5.41) is 0.677. The number of fused-ring (bicyclic) bond motifs is 1. The average Bonchev–Trinajstić information content (AvgIpc) is 2.85. The molecule has 0 fully saturated rings. The van der Waals surface area contributed by atoms with Crippen molar-refractivity contribution in [2.24, 2.45) is 0 Å². The topological polar surface area (TPSA) is 48.7 Å². The van der Waals surface area contributed by atoms with Crippen LogP contribution in [0, 0.1) is 12.7 Å². The Morgan fingerprint density at radius 3 is 2.68 bits per heavy atom. The monoisotopic (exact) mass is 300 g/mol. The number of rotatable bonds is 4. The summed E-state index contributed by atoms with van der Waals surface area (Å²) in [5.41, 5.74) is 0.967. The zero-order valence-electron chi connectivity index (χ0n) is 11.8. The van der Waals surface area contributed by atoms with Crippen LogP contribution in [-0.2, 0) is 4.74 Å². The van der Waals surface area contributed by atoms with Crippen molar-refractivity contribution in [3.05, 3.63) is 65.7 Å². The van der Waals surface area contributed by atoms with Gasteiger partial charge in [-0.2, -0.15) is 0 Å². The van der Waals surface area contributed by atoms with Gasteiger partial charge in [0.1, 0.15) is 16.9 Å². The van der Waals surface area contributed by atoms with Crippen molar-refractivity contribution < 1.29 is 23.1 Å². The van der Waals surface area contributed by atoms with Crippen molar-refractivity contribution in [2.45, 2.75) is 6.92 Å². The van der Waals surface area contributed by atoms with Crippen LogP contribution in [0.15, 0.2) is 52.9 Å². The maximum absolute atomic E-state index is 13.4. The fourth-order valence-electron chi connectivity index (χ4n) is 2.20. The minimum atomic E-state index is -0.571. The minimum absolute atomic E-state index is 0.0315. The highest BCUT2D eigenvalue weighted by molar-refractivity contribution is 6.04. The normalized spacial score (nSPS) is 10.6. The molecule has 4 nitrogen and oxygen atoms in total. The standard InChI is InChI=1S/C17H13FO4/c1-11-16(12-6-2-4-8-14(12)22-11)17(19)21-10-20-15-9-5-3-7-13(15)18/h2-9H,10H2,1H3. The summed E-state index contributed by atoms with van der Waals surface area (Å²) in [4.78, 5) is 12.2. The van der Waals surface area contributed by atoms with Gasteiger partial charge in [0.05, 0.1) is 0 Å². The number of furan rings is 1. The van der Waals surface area contributed by atoms with Crippen LogP contribution in [0.3, 0.4) is 0 Å². The summed E-state index contributed by atoms with van der Waals surface area (Å²) >= 11 is 0. The molecule has 0 aliphatic rings. The largest absolute Gasteiger partial charge is 0.460 e. The van der Waals surface area contributed by atoms with Crippen LogP contribution in [0.1, 0.15) is 16.1 Å². The number of esters is 1. The third-order valence-corrected chi connectivity index (χ3v) is 3.22. The lowest BCUT2D eigenvalue weighted by Crippen LogP contribution is -2.11. The van der Waals surface area contributed by atoms with E-state index in [-0.39, 0.29) is 12.5 Å². The van der Waals surface area contributed by atoms with E-state index in [1.165, 1.54) is 12.1 Å². The van der Waals surface area contributed by atoms with Gasteiger partial charge in [0.25, 0.3) is 0 Å². The van der Waals surface area contributed by atoms with Gasteiger partial charge in [0, 0.05) is 5.39 Å². The van der Waals surface area contributed by atoms with Gasteiger partial charge in [-0.15, -0.1) is 0 Å². The van der Waals surface area contributed by atoms with E-state index in [0.29, 0.717) is 22.3 Å². The van der Waals surface area contributed by atoms with Crippen molar-refractivity contribution in [1.82, 2.24) is 0 Å². The van der Waals surface area contributed by atoms with E-state index in [9.17, 15) is 9.18 Å². The highest BCUT2D eigenvalue weighted by atomic mass is 19.1. The van der Waals surface area contributed by atoms with Crippen molar-refractivity contribution in [2.75, 3.05) is 6.79 Å². The van der Waals surface area contributed by atoms with Gasteiger partial charge < -0.3 is 13.9 Å². The smallest absolute Gasteiger partial charge is 0.345 e. The first kappa shape index (κ1) is 14.1. The van der Waals surface area contributed by atoms with Crippen LogP contribution in [0.25, 0.3) is 11.0 Å². The lowest BCUT2D eigenvalue weighted by molar-refractivity contribution is 0.0143. The lowest BCUT2D eigenvalue weighted by Gasteiger charge is -2.07. The molecule has 3 rings (SSSR count). The van der Waals surface area contributed by atoms with Gasteiger partial charge in [-0.05, 0) is 25.1 Å². The molecule has 0 amide bonds. The molecule has 0 aliphatic heterocycles. The molecule has 0 spiro atoms. The SMILES string of the molecule is Cc1oc2ccccc2c1C(=O)OCOc1ccccc1F. The van der Waals surface area contributed by atoms with Crippen molar-refractivity contribution in [3.63, 3.8) is 0 Å². The second-order valence-corrected chi connectivity index (χ2v) is 4.65. The Morgan fingerprint density at radius 2 is 1.86 bits per heavy atom. The Balaban J connectivity index is 1.72. The zero-order valence-corrected chi connectivity index (χ0v) is 11.8. The zero-order chi connectivity index (χ0) is 15.5. The maximum atomic E-state index is 13.4. The number of carbonyl (C=O) groups is 1. The highest BCUT2D eigenvalue weighted by Gasteiger charge is 2.19. The molecule has 0 saturated heterocycles. The summed E-state index contributed by atoms with van der Waals surface area (Å²) < 4.78 is 29.0. The molecule has 0 atom stereocenters. The van der Waals surface area contributed by atoms with Crippen molar-refractivity contribution >= 4 is 16.9 Å². The number of para-hydroxylation sites is 2. The fraction of sp³-hybridized carbons (Fsp3) is 0.118. The predicted molar refractivity (Wildman–Crippen MR) is 78.3 cm³/mol. The van der Waals surface area contributed by atoms with E-state index in [1.54, 1.807) is 31.2 Å². The van der Waals surface area contributed by atoms with Crippen LogP contribution < -0.4 is 4.74 Å². The molecule has 0 aliphatic carbocycles. The molecule has 1 heterocycles. The number of benzene rings is 2. The molecule has 0 radical (unpaired) electrons. The number of hydrogen-bond acceptors (Lipinski definition) is 4. The van der Waals surface area contributed by atoms with Crippen LogP contribution in [0.4, 0.5) is 4.39 Å². The number of halogens is 1. The van der Waals surface area contributed by atoms with Crippen molar-refractivity contribution in [3.8, 4) is 5.75 Å². The summed E-state index contributed by atoms with van der Waals surface area (Å²) in [6.07, 6.45) is 0.